The highest BCUT2D eigenvalue weighted by Gasteiger charge is 2.40. The van der Waals surface area contributed by atoms with E-state index >= 15 is 0 Å². The van der Waals surface area contributed by atoms with Crippen LogP contribution in [0.15, 0.2) is 4.90 Å². The van der Waals surface area contributed by atoms with Crippen LogP contribution in [0.2, 0.25) is 18.1 Å². The van der Waals surface area contributed by atoms with Gasteiger partial charge in [0.25, 0.3) is 0 Å². The molecule has 38 heavy (non-hydrogen) atoms. The lowest BCUT2D eigenvalue weighted by Gasteiger charge is -2.36. The highest BCUT2D eigenvalue weighted by molar-refractivity contribution is 8.01. The molecule has 3 rings (SSSR count). The molecule has 216 valence electrons. The van der Waals surface area contributed by atoms with Gasteiger partial charge in [-0.1, -0.05) is 119 Å². The highest BCUT2D eigenvalue weighted by Crippen LogP contribution is 2.56. The summed E-state index contributed by atoms with van der Waals surface area (Å²) in [4.78, 5) is 26.6. The molecule has 2 bridgehead atoms. The Kier molecular flexibility index (Phi) is 11.8. The van der Waals surface area contributed by atoms with Crippen LogP contribution in [0.1, 0.15) is 125 Å². The second-order valence-electron chi connectivity index (χ2n) is 13.1. The third-order valence-electron chi connectivity index (χ3n) is 7.51. The van der Waals surface area contributed by atoms with Crippen LogP contribution in [-0.2, 0) is 20.4 Å². The maximum atomic E-state index is 13.0. The van der Waals surface area contributed by atoms with Gasteiger partial charge in [0.15, 0.2) is 17.2 Å². The Morgan fingerprint density at radius 2 is 1.16 bits per heavy atom. The van der Waals surface area contributed by atoms with Crippen LogP contribution in [0.4, 0.5) is 0 Å². The van der Waals surface area contributed by atoms with E-state index in [9.17, 15) is 14.7 Å². The van der Waals surface area contributed by atoms with E-state index in [1.54, 1.807) is 11.8 Å². The standard InChI is InChI=1S/C31H52O5SSi/c1-10-13-18-38(19-14-11-2,20-15-12-3)21-37-29-25(31(7,8)9)27-26(34)24(30(4,5)6)28(29)36-23(33)17-16-22(32)35-27/h34H,10-21H2,1-9H3. The van der Waals surface area contributed by atoms with Crippen molar-refractivity contribution in [2.75, 3.05) is 5.38 Å². The Hall–Kier alpha value is -1.47. The van der Waals surface area contributed by atoms with E-state index in [0.717, 1.165) is 15.8 Å². The molecule has 0 saturated heterocycles. The normalized spacial score (nSPS) is 15.0. The molecule has 2 aliphatic rings. The molecule has 0 unspecified atom stereocenters. The molecule has 0 atom stereocenters. The minimum atomic E-state index is -1.65. The summed E-state index contributed by atoms with van der Waals surface area (Å²) < 4.78 is 12.0. The molecule has 2 heterocycles. The maximum absolute atomic E-state index is 13.0. The van der Waals surface area contributed by atoms with Crippen molar-refractivity contribution in [1.82, 2.24) is 0 Å². The number of phenols is 1. The number of fused-ring (bicyclic) bond motifs is 7. The van der Waals surface area contributed by atoms with Gasteiger partial charge in [-0.15, -0.1) is 11.8 Å². The summed E-state index contributed by atoms with van der Waals surface area (Å²) in [7, 11) is -1.65. The number of hydrogen-bond donors (Lipinski definition) is 1. The minimum absolute atomic E-state index is 0.0429. The number of carbonyl (C=O) groups excluding carboxylic acids is 2. The van der Waals surface area contributed by atoms with E-state index in [2.05, 4.69) is 41.5 Å². The molecule has 2 aliphatic heterocycles. The molecule has 5 nitrogen and oxygen atoms in total. The van der Waals surface area contributed by atoms with Crippen molar-refractivity contribution in [2.24, 2.45) is 0 Å². The Balaban J connectivity index is 2.84. The van der Waals surface area contributed by atoms with Gasteiger partial charge in [-0.05, 0) is 16.2 Å². The number of esters is 2. The summed E-state index contributed by atoms with van der Waals surface area (Å²) >= 11 is 1.79. The molecule has 0 spiro atoms. The van der Waals surface area contributed by atoms with Crippen LogP contribution >= 0.6 is 11.8 Å². The van der Waals surface area contributed by atoms with E-state index in [1.165, 1.54) is 56.7 Å². The van der Waals surface area contributed by atoms with Crippen LogP contribution in [-0.4, -0.2) is 30.5 Å². The van der Waals surface area contributed by atoms with Gasteiger partial charge in [0.05, 0.1) is 25.8 Å². The Morgan fingerprint density at radius 1 is 0.737 bits per heavy atom. The summed E-state index contributed by atoms with van der Waals surface area (Å²) in [5.74, 6) is -0.378. The first-order valence-corrected chi connectivity index (χ1v) is 18.5. The number of unbranched alkanes of at least 4 members (excludes halogenated alkanes) is 3. The first-order chi connectivity index (χ1) is 17.7. The first kappa shape index (κ1) is 32.7. The van der Waals surface area contributed by atoms with Gasteiger partial charge in [0.1, 0.15) is 0 Å². The zero-order chi connectivity index (χ0) is 28.7. The maximum Gasteiger partial charge on any atom is 0.311 e. The number of thioether (sulfide) groups is 1. The van der Waals surface area contributed by atoms with Gasteiger partial charge in [-0.3, -0.25) is 9.59 Å². The number of aromatic hydroxyl groups is 1. The quantitative estimate of drug-likeness (QED) is 0.118. The predicted molar refractivity (Wildman–Crippen MR) is 162 cm³/mol. The summed E-state index contributed by atoms with van der Waals surface area (Å²) in [6.45, 7) is 19.0. The molecular weight excluding hydrogens is 512 g/mol. The van der Waals surface area contributed by atoms with E-state index in [-0.39, 0.29) is 24.3 Å². The smallest absolute Gasteiger partial charge is 0.311 e. The van der Waals surface area contributed by atoms with Crippen molar-refractivity contribution in [3.05, 3.63) is 11.1 Å². The van der Waals surface area contributed by atoms with Gasteiger partial charge in [0.2, 0.25) is 0 Å². The molecule has 1 N–H and O–H groups in total. The van der Waals surface area contributed by atoms with Crippen LogP contribution in [0.25, 0.3) is 0 Å². The third-order valence-corrected chi connectivity index (χ3v) is 15.5. The molecular formula is C31H52O5SSi. The van der Waals surface area contributed by atoms with Crippen molar-refractivity contribution in [3.63, 3.8) is 0 Å². The zero-order valence-corrected chi connectivity index (χ0v) is 27.3. The average Bonchev–Trinajstić information content (AvgIpc) is 2.82. The number of phenolic OH excluding ortho intramolecular Hbond substituents is 1. The molecule has 0 saturated carbocycles. The van der Waals surface area contributed by atoms with E-state index in [1.807, 2.05) is 20.8 Å². The lowest BCUT2D eigenvalue weighted by atomic mass is 9.79. The molecule has 0 fully saturated rings. The fourth-order valence-corrected chi connectivity index (χ4v) is 13.8. The Bertz CT molecular complexity index is 952. The van der Waals surface area contributed by atoms with Crippen molar-refractivity contribution >= 4 is 31.8 Å². The molecule has 7 heteroatoms. The van der Waals surface area contributed by atoms with Gasteiger partial charge < -0.3 is 14.6 Å². The van der Waals surface area contributed by atoms with Crippen LogP contribution in [0.3, 0.4) is 0 Å². The third kappa shape index (κ3) is 8.26. The first-order valence-electron chi connectivity index (χ1n) is 14.7. The molecule has 0 radical (unpaired) electrons. The number of rotatable bonds is 12. The zero-order valence-electron chi connectivity index (χ0n) is 25.5. The lowest BCUT2D eigenvalue weighted by Crippen LogP contribution is -2.38. The van der Waals surface area contributed by atoms with Crippen molar-refractivity contribution in [1.29, 1.82) is 0 Å². The molecule has 0 aromatic heterocycles. The summed E-state index contributed by atoms with van der Waals surface area (Å²) in [5.41, 5.74) is 0.309. The van der Waals surface area contributed by atoms with Crippen LogP contribution < -0.4 is 9.47 Å². The summed E-state index contributed by atoms with van der Waals surface area (Å²) in [5, 5.41) is 12.6. The van der Waals surface area contributed by atoms with Gasteiger partial charge in [-0.25, -0.2) is 0 Å². The van der Waals surface area contributed by atoms with Crippen LogP contribution in [0, 0.1) is 0 Å². The monoisotopic (exact) mass is 564 g/mol. The van der Waals surface area contributed by atoms with E-state index < -0.39 is 30.8 Å². The number of ether oxygens (including phenoxy) is 2. The van der Waals surface area contributed by atoms with Gasteiger partial charge in [0, 0.05) is 11.1 Å². The highest BCUT2D eigenvalue weighted by atomic mass is 32.2. The van der Waals surface area contributed by atoms with Gasteiger partial charge >= 0.3 is 11.9 Å². The number of hydrogen-bond acceptors (Lipinski definition) is 6. The second kappa shape index (κ2) is 13.7. The molecule has 0 aliphatic carbocycles. The van der Waals surface area contributed by atoms with Crippen molar-refractivity contribution < 1.29 is 24.2 Å². The molecule has 1 aromatic rings. The average molecular weight is 565 g/mol. The number of benzene rings is 1. The fourth-order valence-electron chi connectivity index (χ4n) is 5.39. The SMILES string of the molecule is CCCC[Si](CCCC)(CCCC)CSc1c2c(C(C)(C)C)c(O)c(c1C(C)(C)C)OC(=O)CCC(=O)O2. The van der Waals surface area contributed by atoms with Gasteiger partial charge in [-0.2, -0.15) is 0 Å². The predicted octanol–water partition coefficient (Wildman–Crippen LogP) is 9.07. The fraction of sp³-hybridized carbons (Fsp3) is 0.742. The van der Waals surface area contributed by atoms with Crippen molar-refractivity contribution in [2.45, 2.75) is 148 Å². The molecule has 0 amide bonds. The lowest BCUT2D eigenvalue weighted by molar-refractivity contribution is -0.141. The second-order valence-corrected chi connectivity index (χ2v) is 19.5. The Morgan fingerprint density at radius 3 is 1.55 bits per heavy atom. The van der Waals surface area contributed by atoms with E-state index in [4.69, 9.17) is 9.47 Å². The molecule has 1 aromatic carbocycles. The van der Waals surface area contributed by atoms with E-state index in [0.29, 0.717) is 11.3 Å². The number of carbonyl (C=O) groups is 2. The van der Waals surface area contributed by atoms with Crippen LogP contribution in [0.5, 0.6) is 17.2 Å². The summed E-state index contributed by atoms with van der Waals surface area (Å²) in [6.07, 6.45) is 7.22. The topological polar surface area (TPSA) is 72.8 Å². The Labute approximate surface area is 236 Å². The summed E-state index contributed by atoms with van der Waals surface area (Å²) in [6, 6.07) is 3.92. The van der Waals surface area contributed by atoms with Crippen molar-refractivity contribution in [3.8, 4) is 17.2 Å². The largest absolute Gasteiger partial charge is 0.504 e. The minimum Gasteiger partial charge on any atom is -0.504 e.